The second-order valence-corrected chi connectivity index (χ2v) is 10.6. The summed E-state index contributed by atoms with van der Waals surface area (Å²) in [7, 11) is 0. The predicted octanol–water partition coefficient (Wildman–Crippen LogP) is 6.86. The van der Waals surface area contributed by atoms with Crippen LogP contribution in [0, 0.1) is 0 Å². The number of ether oxygens (including phenoxy) is 2. The molecule has 0 saturated carbocycles. The molecule has 4 aromatic carbocycles. The molecule has 0 fully saturated rings. The molecular weight excluding hydrogens is 711 g/mol. The van der Waals surface area contributed by atoms with Crippen LogP contribution < -0.4 is 31.2 Å². The maximum absolute atomic E-state index is 12.3. The third-order valence-corrected chi connectivity index (χ3v) is 7.22. The van der Waals surface area contributed by atoms with Gasteiger partial charge in [-0.2, -0.15) is 27.8 Å². The van der Waals surface area contributed by atoms with E-state index in [4.69, 9.17) is 23.2 Å². The van der Waals surface area contributed by atoms with Gasteiger partial charge in [-0.25, -0.2) is 10.2 Å². The van der Waals surface area contributed by atoms with Crippen molar-refractivity contribution in [2.75, 3.05) is 10.6 Å². The summed E-state index contributed by atoms with van der Waals surface area (Å²) in [5, 5.41) is 18.2. The molecule has 0 aliphatic rings. The molecule has 0 saturated heterocycles. The molecule has 0 radical (unpaired) electrons. The number of alkyl halides is 4. The summed E-state index contributed by atoms with van der Waals surface area (Å²) in [6.45, 7) is -5.92. The highest BCUT2D eigenvalue weighted by molar-refractivity contribution is 6.34. The predicted molar refractivity (Wildman–Crippen MR) is 177 cm³/mol. The number of rotatable bonds is 8. The molecular formula is C32H20Cl2F4N6O6. The molecule has 0 atom stereocenters. The van der Waals surface area contributed by atoms with Crippen LogP contribution in [0.1, 0.15) is 20.7 Å². The van der Waals surface area contributed by atoms with E-state index in [1.165, 1.54) is 84.9 Å². The van der Waals surface area contributed by atoms with Crippen LogP contribution in [0.4, 0.5) is 28.9 Å². The molecule has 4 N–H and O–H groups in total. The number of carbonyl (C=O) groups excluding carboxylic acids is 2. The number of carbonyl (C=O) groups is 2. The number of amides is 2. The summed E-state index contributed by atoms with van der Waals surface area (Å²) < 4.78 is 57.5. The molecule has 256 valence electrons. The zero-order valence-electron chi connectivity index (χ0n) is 24.8. The van der Waals surface area contributed by atoms with Crippen molar-refractivity contribution in [1.29, 1.82) is 0 Å². The lowest BCUT2D eigenvalue weighted by Crippen LogP contribution is -2.14. The van der Waals surface area contributed by atoms with Crippen molar-refractivity contribution in [3.05, 3.63) is 127 Å². The molecule has 12 nitrogen and oxygen atoms in total. The molecule has 0 aliphatic heterocycles. The number of benzene rings is 4. The Balaban J connectivity index is 0.000000194. The summed E-state index contributed by atoms with van der Waals surface area (Å²) in [6.07, 6.45) is 0. The van der Waals surface area contributed by atoms with Crippen molar-refractivity contribution in [1.82, 2.24) is 20.4 Å². The highest BCUT2D eigenvalue weighted by Gasteiger charge is 2.14. The number of hydrogen-bond donors (Lipinski definition) is 4. The molecule has 0 unspecified atom stereocenters. The third-order valence-electron chi connectivity index (χ3n) is 6.64. The van der Waals surface area contributed by atoms with Gasteiger partial charge >= 0.3 is 13.2 Å². The molecule has 6 rings (SSSR count). The van der Waals surface area contributed by atoms with E-state index >= 15 is 0 Å². The fourth-order valence-corrected chi connectivity index (χ4v) is 4.86. The van der Waals surface area contributed by atoms with Gasteiger partial charge < -0.3 is 20.1 Å². The van der Waals surface area contributed by atoms with Gasteiger partial charge in [-0.05, 0) is 54.6 Å². The lowest BCUT2D eigenvalue weighted by molar-refractivity contribution is -0.0504. The van der Waals surface area contributed by atoms with Crippen molar-refractivity contribution < 1.29 is 36.6 Å². The fraction of sp³-hybridized carbons (Fsp3) is 0.0625. The zero-order valence-corrected chi connectivity index (χ0v) is 26.4. The molecule has 18 heteroatoms. The number of fused-ring (bicyclic) bond motifs is 2. The van der Waals surface area contributed by atoms with E-state index in [9.17, 15) is 36.7 Å². The minimum absolute atomic E-state index is 0.0524. The largest absolute Gasteiger partial charge is 0.435 e. The Kier molecular flexibility index (Phi) is 10.9. The molecule has 0 bridgehead atoms. The molecule has 50 heavy (non-hydrogen) atoms. The summed E-state index contributed by atoms with van der Waals surface area (Å²) >= 11 is 11.8. The summed E-state index contributed by atoms with van der Waals surface area (Å²) in [4.78, 5) is 48.2. The average molecular weight is 731 g/mol. The number of halogens is 6. The Hall–Kier alpha value is -6.00. The second-order valence-electron chi connectivity index (χ2n) is 9.93. The summed E-state index contributed by atoms with van der Waals surface area (Å²) in [5.41, 5.74) is 0.0512. The minimum atomic E-state index is -2.96. The Morgan fingerprint density at radius 1 is 0.600 bits per heavy atom. The standard InChI is InChI=1S/2C16H10ClF2N3O3/c17-13-12-6-8(4-5-11(12)15(24)22-21-13)14(23)20-9-2-1-3-10(7-9)25-16(18)19;17-13-11-5-4-8(6-12(11)15(24)22-21-13)14(23)20-9-2-1-3-10(7-9)25-16(18)19/h2*1-7,16H,(H,20,23)(H,22,24). The topological polar surface area (TPSA) is 168 Å². The number of H-pyrrole nitrogens is 2. The van der Waals surface area contributed by atoms with E-state index in [0.717, 1.165) is 0 Å². The lowest BCUT2D eigenvalue weighted by atomic mass is 10.1. The fourth-order valence-electron chi connectivity index (χ4n) is 4.45. The summed E-state index contributed by atoms with van der Waals surface area (Å²) in [5.74, 6) is -1.19. The molecule has 0 aliphatic carbocycles. The van der Waals surface area contributed by atoms with Crippen molar-refractivity contribution in [2.24, 2.45) is 0 Å². The molecule has 0 spiro atoms. The first-order valence-corrected chi connectivity index (χ1v) is 14.7. The van der Waals surface area contributed by atoms with Gasteiger partial charge in [0.2, 0.25) is 0 Å². The van der Waals surface area contributed by atoms with E-state index in [0.29, 0.717) is 16.2 Å². The average Bonchev–Trinajstić information content (AvgIpc) is 3.08. The van der Waals surface area contributed by atoms with Gasteiger partial charge in [-0.3, -0.25) is 19.2 Å². The van der Waals surface area contributed by atoms with Crippen molar-refractivity contribution >= 4 is 67.9 Å². The van der Waals surface area contributed by atoms with Crippen molar-refractivity contribution in [2.45, 2.75) is 13.2 Å². The highest BCUT2D eigenvalue weighted by Crippen LogP contribution is 2.24. The molecule has 6 aromatic rings. The normalized spacial score (nSPS) is 10.9. The Morgan fingerprint density at radius 2 is 1.04 bits per heavy atom. The van der Waals surface area contributed by atoms with Crippen LogP contribution in [0.2, 0.25) is 10.3 Å². The van der Waals surface area contributed by atoms with Gasteiger partial charge in [0.25, 0.3) is 22.9 Å². The highest BCUT2D eigenvalue weighted by atomic mass is 35.5. The zero-order chi connectivity index (χ0) is 35.9. The van der Waals surface area contributed by atoms with Gasteiger partial charge in [0, 0.05) is 45.4 Å². The Bertz CT molecular complexity index is 2340. The van der Waals surface area contributed by atoms with E-state index in [1.54, 1.807) is 0 Å². The first-order chi connectivity index (χ1) is 23.9. The van der Waals surface area contributed by atoms with Crippen LogP contribution >= 0.6 is 23.2 Å². The summed E-state index contributed by atoms with van der Waals surface area (Å²) in [6, 6.07) is 19.9. The third kappa shape index (κ3) is 8.72. The second kappa shape index (κ2) is 15.5. The number of nitrogens with one attached hydrogen (secondary N) is 4. The van der Waals surface area contributed by atoms with E-state index < -0.39 is 36.2 Å². The SMILES string of the molecule is O=C(Nc1cccc(OC(F)F)c1)c1ccc2c(=O)[nH]nc(Cl)c2c1.O=C(Nc1cccc(OC(F)F)c1)c1ccc2c(Cl)n[nH]c(=O)c2c1. The minimum Gasteiger partial charge on any atom is -0.435 e. The monoisotopic (exact) mass is 730 g/mol. The van der Waals surface area contributed by atoms with Gasteiger partial charge in [-0.15, -0.1) is 0 Å². The lowest BCUT2D eigenvalue weighted by Gasteiger charge is -2.09. The van der Waals surface area contributed by atoms with Crippen LogP contribution in [0.25, 0.3) is 21.5 Å². The van der Waals surface area contributed by atoms with E-state index in [1.807, 2.05) is 0 Å². The first-order valence-electron chi connectivity index (χ1n) is 14.0. The first kappa shape index (κ1) is 35.3. The van der Waals surface area contributed by atoms with Gasteiger partial charge in [-0.1, -0.05) is 41.4 Å². The van der Waals surface area contributed by atoms with Gasteiger partial charge in [0.05, 0.1) is 10.8 Å². The molecule has 2 heterocycles. The van der Waals surface area contributed by atoms with Crippen molar-refractivity contribution in [3.63, 3.8) is 0 Å². The van der Waals surface area contributed by atoms with Gasteiger partial charge in [0.1, 0.15) is 11.5 Å². The number of anilines is 2. The molecule has 2 aromatic heterocycles. The maximum Gasteiger partial charge on any atom is 0.387 e. The van der Waals surface area contributed by atoms with E-state index in [-0.39, 0.29) is 49.7 Å². The van der Waals surface area contributed by atoms with Crippen LogP contribution in [0.15, 0.2) is 94.5 Å². The number of hydrogen-bond acceptors (Lipinski definition) is 8. The Labute approximate surface area is 286 Å². The van der Waals surface area contributed by atoms with Gasteiger partial charge in [0.15, 0.2) is 10.3 Å². The smallest absolute Gasteiger partial charge is 0.387 e. The van der Waals surface area contributed by atoms with Crippen LogP contribution in [0.3, 0.4) is 0 Å². The Morgan fingerprint density at radius 3 is 1.54 bits per heavy atom. The van der Waals surface area contributed by atoms with Crippen LogP contribution in [-0.2, 0) is 0 Å². The number of aromatic nitrogens is 4. The van der Waals surface area contributed by atoms with Crippen LogP contribution in [-0.4, -0.2) is 45.4 Å². The quantitative estimate of drug-likeness (QED) is 0.123. The number of nitrogens with zero attached hydrogens (tertiary/aromatic N) is 2. The van der Waals surface area contributed by atoms with Crippen molar-refractivity contribution in [3.8, 4) is 11.5 Å². The molecule has 2 amide bonds. The maximum atomic E-state index is 12.3. The van der Waals surface area contributed by atoms with Crippen LogP contribution in [0.5, 0.6) is 11.5 Å². The van der Waals surface area contributed by atoms with E-state index in [2.05, 4.69) is 40.5 Å². The number of aromatic amines is 2.